The summed E-state index contributed by atoms with van der Waals surface area (Å²) < 4.78 is 6.55. The van der Waals surface area contributed by atoms with E-state index < -0.39 is 5.97 Å². The van der Waals surface area contributed by atoms with Crippen LogP contribution < -0.4 is 4.74 Å². The third kappa shape index (κ3) is 3.48. The molecule has 0 aliphatic heterocycles. The van der Waals surface area contributed by atoms with Crippen LogP contribution in [0.25, 0.3) is 0 Å². The SMILES string of the molecule is O=C(O)C(COc1cccc(Br)c1)C1CCCC1. The van der Waals surface area contributed by atoms with Gasteiger partial charge in [-0.1, -0.05) is 34.8 Å². The van der Waals surface area contributed by atoms with Crippen molar-refractivity contribution in [3.05, 3.63) is 28.7 Å². The Hall–Kier alpha value is -1.03. The van der Waals surface area contributed by atoms with E-state index in [1.54, 1.807) is 0 Å². The van der Waals surface area contributed by atoms with E-state index in [2.05, 4.69) is 15.9 Å². The molecule has 1 aliphatic rings. The number of hydrogen-bond acceptors (Lipinski definition) is 2. The molecule has 0 radical (unpaired) electrons. The normalized spacial score (nSPS) is 17.6. The number of aliphatic carboxylic acids is 1. The Morgan fingerprint density at radius 1 is 1.44 bits per heavy atom. The summed E-state index contributed by atoms with van der Waals surface area (Å²) in [5.74, 6) is -0.133. The van der Waals surface area contributed by atoms with Gasteiger partial charge >= 0.3 is 5.97 Å². The number of benzene rings is 1. The Bertz CT molecular complexity index is 413. The summed E-state index contributed by atoms with van der Waals surface area (Å²) in [6.45, 7) is 0.260. The van der Waals surface area contributed by atoms with Gasteiger partial charge in [0.05, 0.1) is 5.92 Å². The molecule has 1 atom stereocenters. The van der Waals surface area contributed by atoms with Gasteiger partial charge in [-0.3, -0.25) is 4.79 Å². The van der Waals surface area contributed by atoms with Crippen LogP contribution in [0.3, 0.4) is 0 Å². The van der Waals surface area contributed by atoms with Crippen molar-refractivity contribution in [2.45, 2.75) is 25.7 Å². The quantitative estimate of drug-likeness (QED) is 0.901. The molecule has 98 valence electrons. The van der Waals surface area contributed by atoms with Crippen molar-refractivity contribution >= 4 is 21.9 Å². The topological polar surface area (TPSA) is 46.5 Å². The van der Waals surface area contributed by atoms with E-state index in [0.717, 1.165) is 30.2 Å². The van der Waals surface area contributed by atoms with Crippen molar-refractivity contribution in [2.75, 3.05) is 6.61 Å². The van der Waals surface area contributed by atoms with Gasteiger partial charge in [0.25, 0.3) is 0 Å². The van der Waals surface area contributed by atoms with Crippen molar-refractivity contribution in [1.82, 2.24) is 0 Å². The molecular weight excluding hydrogens is 296 g/mol. The number of hydrogen-bond donors (Lipinski definition) is 1. The molecule has 0 heterocycles. The fraction of sp³-hybridized carbons (Fsp3) is 0.500. The van der Waals surface area contributed by atoms with Crippen LogP contribution >= 0.6 is 15.9 Å². The standard InChI is InChI=1S/C14H17BrO3/c15-11-6-3-7-12(8-11)18-9-13(14(16)17)10-4-1-2-5-10/h3,6-8,10,13H,1-2,4-5,9H2,(H,16,17). The maximum absolute atomic E-state index is 11.3. The molecule has 1 N–H and O–H groups in total. The van der Waals surface area contributed by atoms with E-state index in [-0.39, 0.29) is 18.4 Å². The first kappa shape index (κ1) is 13.4. The van der Waals surface area contributed by atoms with Crippen LogP contribution in [0.5, 0.6) is 5.75 Å². The Kier molecular flexibility index (Phi) is 4.64. The Morgan fingerprint density at radius 2 is 2.17 bits per heavy atom. The zero-order valence-electron chi connectivity index (χ0n) is 10.1. The number of halogens is 1. The van der Waals surface area contributed by atoms with Crippen molar-refractivity contribution in [3.8, 4) is 5.75 Å². The predicted molar refractivity (Wildman–Crippen MR) is 72.7 cm³/mol. The first-order chi connectivity index (χ1) is 8.66. The van der Waals surface area contributed by atoms with Crippen LogP contribution in [0.2, 0.25) is 0 Å². The molecule has 1 saturated carbocycles. The zero-order chi connectivity index (χ0) is 13.0. The maximum atomic E-state index is 11.3. The Labute approximate surface area is 115 Å². The van der Waals surface area contributed by atoms with Gasteiger partial charge in [-0.2, -0.15) is 0 Å². The van der Waals surface area contributed by atoms with Crippen LogP contribution in [0, 0.1) is 11.8 Å². The Morgan fingerprint density at radius 3 is 2.78 bits per heavy atom. The third-order valence-corrected chi connectivity index (χ3v) is 4.00. The number of rotatable bonds is 5. The van der Waals surface area contributed by atoms with Crippen molar-refractivity contribution < 1.29 is 14.6 Å². The van der Waals surface area contributed by atoms with E-state index >= 15 is 0 Å². The van der Waals surface area contributed by atoms with Gasteiger partial charge in [-0.05, 0) is 37.0 Å². The molecule has 18 heavy (non-hydrogen) atoms. The van der Waals surface area contributed by atoms with E-state index in [0.29, 0.717) is 5.75 Å². The molecule has 4 heteroatoms. The third-order valence-electron chi connectivity index (χ3n) is 3.51. The molecule has 1 aromatic carbocycles. The number of ether oxygens (including phenoxy) is 1. The summed E-state index contributed by atoms with van der Waals surface area (Å²) in [5, 5.41) is 9.28. The zero-order valence-corrected chi connectivity index (χ0v) is 11.7. The number of carbonyl (C=O) groups is 1. The number of carboxylic acid groups (broad SMARTS) is 1. The minimum atomic E-state index is -0.739. The van der Waals surface area contributed by atoms with Gasteiger partial charge in [-0.25, -0.2) is 0 Å². The first-order valence-corrected chi connectivity index (χ1v) is 7.07. The van der Waals surface area contributed by atoms with E-state index in [1.807, 2.05) is 24.3 Å². The van der Waals surface area contributed by atoms with Gasteiger partial charge in [-0.15, -0.1) is 0 Å². The summed E-state index contributed by atoms with van der Waals surface area (Å²) in [6, 6.07) is 7.50. The van der Waals surface area contributed by atoms with Crippen molar-refractivity contribution in [1.29, 1.82) is 0 Å². The largest absolute Gasteiger partial charge is 0.493 e. The van der Waals surface area contributed by atoms with Crippen LogP contribution in [0.1, 0.15) is 25.7 Å². The highest BCUT2D eigenvalue weighted by molar-refractivity contribution is 9.10. The van der Waals surface area contributed by atoms with Crippen LogP contribution in [-0.2, 0) is 4.79 Å². The fourth-order valence-corrected chi connectivity index (χ4v) is 2.89. The Balaban J connectivity index is 1.95. The molecule has 1 fully saturated rings. The molecule has 0 spiro atoms. The summed E-state index contributed by atoms with van der Waals surface area (Å²) >= 11 is 3.37. The van der Waals surface area contributed by atoms with Gasteiger partial charge in [0, 0.05) is 4.47 Å². The minimum absolute atomic E-state index is 0.260. The maximum Gasteiger partial charge on any atom is 0.310 e. The van der Waals surface area contributed by atoms with Gasteiger partial charge in [0.2, 0.25) is 0 Å². The molecule has 0 amide bonds. The van der Waals surface area contributed by atoms with E-state index in [4.69, 9.17) is 4.74 Å². The molecule has 1 aliphatic carbocycles. The van der Waals surface area contributed by atoms with Crippen molar-refractivity contribution in [2.24, 2.45) is 11.8 Å². The summed E-state index contributed by atoms with van der Waals surface area (Å²) in [7, 11) is 0. The molecule has 1 unspecified atom stereocenters. The second-order valence-electron chi connectivity index (χ2n) is 4.76. The highest BCUT2D eigenvalue weighted by Gasteiger charge is 2.31. The van der Waals surface area contributed by atoms with Crippen LogP contribution in [0.15, 0.2) is 28.7 Å². The predicted octanol–water partition coefficient (Wildman–Crippen LogP) is 3.72. The molecule has 0 aromatic heterocycles. The van der Waals surface area contributed by atoms with E-state index in [9.17, 15) is 9.90 Å². The molecule has 2 rings (SSSR count). The monoisotopic (exact) mass is 312 g/mol. The highest BCUT2D eigenvalue weighted by atomic mass is 79.9. The average molecular weight is 313 g/mol. The summed E-state index contributed by atoms with van der Waals surface area (Å²) in [5.41, 5.74) is 0. The lowest BCUT2D eigenvalue weighted by atomic mass is 9.92. The van der Waals surface area contributed by atoms with Crippen LogP contribution in [-0.4, -0.2) is 17.7 Å². The molecule has 1 aromatic rings. The van der Waals surface area contributed by atoms with Crippen molar-refractivity contribution in [3.63, 3.8) is 0 Å². The van der Waals surface area contributed by atoms with Gasteiger partial charge in [0.15, 0.2) is 0 Å². The lowest BCUT2D eigenvalue weighted by Crippen LogP contribution is -2.28. The molecule has 0 bridgehead atoms. The fourth-order valence-electron chi connectivity index (χ4n) is 2.51. The second-order valence-corrected chi connectivity index (χ2v) is 5.67. The summed E-state index contributed by atoms with van der Waals surface area (Å²) in [4.78, 5) is 11.3. The van der Waals surface area contributed by atoms with Gasteiger partial charge < -0.3 is 9.84 Å². The lowest BCUT2D eigenvalue weighted by molar-refractivity contribution is -0.144. The lowest BCUT2D eigenvalue weighted by Gasteiger charge is -2.19. The summed E-state index contributed by atoms with van der Waals surface area (Å²) in [6.07, 6.45) is 4.31. The highest BCUT2D eigenvalue weighted by Crippen LogP contribution is 2.32. The van der Waals surface area contributed by atoms with Crippen LogP contribution in [0.4, 0.5) is 0 Å². The smallest absolute Gasteiger partial charge is 0.310 e. The molecular formula is C14H17BrO3. The number of carboxylic acids is 1. The minimum Gasteiger partial charge on any atom is -0.493 e. The average Bonchev–Trinajstić information content (AvgIpc) is 2.82. The molecule has 0 saturated heterocycles. The second kappa shape index (κ2) is 6.23. The first-order valence-electron chi connectivity index (χ1n) is 6.28. The van der Waals surface area contributed by atoms with E-state index in [1.165, 1.54) is 0 Å². The van der Waals surface area contributed by atoms with Gasteiger partial charge in [0.1, 0.15) is 12.4 Å². The molecule has 3 nitrogen and oxygen atoms in total.